The molecule has 0 bridgehead atoms. The van der Waals surface area contributed by atoms with Crippen LogP contribution in [0.25, 0.3) is 0 Å². The third-order valence-corrected chi connectivity index (χ3v) is 5.29. The van der Waals surface area contributed by atoms with Gasteiger partial charge >= 0.3 is 11.9 Å². The Balaban J connectivity index is 2.01. The average molecular weight is 419 g/mol. The van der Waals surface area contributed by atoms with E-state index in [0.717, 1.165) is 18.4 Å². The summed E-state index contributed by atoms with van der Waals surface area (Å²) in [5, 5.41) is 0. The standard InChI is InChI=1S/C26H42O4/c1-4-5-6-7-8-9-10-11-12-15-21-29-25(27)19-16-20-26(28)30-24-18-14-13-17-23(24)22(2)3/h13-14,17-18,22H,4-12,15-16,19-21H2,1-3H3. The maximum Gasteiger partial charge on any atom is 0.311 e. The summed E-state index contributed by atoms with van der Waals surface area (Å²) in [6, 6.07) is 7.59. The zero-order valence-corrected chi connectivity index (χ0v) is 19.4. The minimum atomic E-state index is -0.300. The van der Waals surface area contributed by atoms with Crippen molar-refractivity contribution in [2.45, 2.75) is 110 Å². The van der Waals surface area contributed by atoms with Crippen molar-refractivity contribution in [1.82, 2.24) is 0 Å². The highest BCUT2D eigenvalue weighted by Gasteiger charge is 2.12. The van der Waals surface area contributed by atoms with Crippen LogP contribution in [0.1, 0.15) is 116 Å². The first-order valence-electron chi connectivity index (χ1n) is 12.0. The summed E-state index contributed by atoms with van der Waals surface area (Å²) in [7, 11) is 0. The van der Waals surface area contributed by atoms with Crippen LogP contribution in [-0.4, -0.2) is 18.5 Å². The number of hydrogen-bond donors (Lipinski definition) is 0. The second kappa shape index (κ2) is 16.9. The van der Waals surface area contributed by atoms with Gasteiger partial charge in [-0.05, 0) is 30.4 Å². The van der Waals surface area contributed by atoms with Crippen LogP contribution in [-0.2, 0) is 14.3 Å². The Labute approximate surface area is 183 Å². The predicted molar refractivity (Wildman–Crippen MR) is 123 cm³/mol. The second-order valence-electron chi connectivity index (χ2n) is 8.42. The van der Waals surface area contributed by atoms with Gasteiger partial charge in [0.1, 0.15) is 5.75 Å². The van der Waals surface area contributed by atoms with E-state index in [2.05, 4.69) is 20.8 Å². The summed E-state index contributed by atoms with van der Waals surface area (Å²) in [6.45, 7) is 6.87. The number of benzene rings is 1. The van der Waals surface area contributed by atoms with Gasteiger partial charge in [0.2, 0.25) is 0 Å². The number of ether oxygens (including phenoxy) is 2. The molecule has 0 unspecified atom stereocenters. The highest BCUT2D eigenvalue weighted by Crippen LogP contribution is 2.26. The Bertz CT molecular complexity index is 594. The minimum Gasteiger partial charge on any atom is -0.466 e. The molecule has 1 rings (SSSR count). The molecule has 0 atom stereocenters. The molecule has 0 aliphatic heterocycles. The molecule has 0 amide bonds. The van der Waals surface area contributed by atoms with E-state index < -0.39 is 0 Å². The first-order chi connectivity index (χ1) is 14.5. The van der Waals surface area contributed by atoms with E-state index in [9.17, 15) is 9.59 Å². The molecule has 0 saturated carbocycles. The van der Waals surface area contributed by atoms with Gasteiger partial charge in [-0.25, -0.2) is 0 Å². The van der Waals surface area contributed by atoms with Gasteiger partial charge in [0.15, 0.2) is 0 Å². The van der Waals surface area contributed by atoms with Crippen molar-refractivity contribution in [3.8, 4) is 5.75 Å². The number of unbranched alkanes of at least 4 members (excludes halogenated alkanes) is 9. The summed E-state index contributed by atoms with van der Waals surface area (Å²) in [6.07, 6.45) is 13.5. The lowest BCUT2D eigenvalue weighted by atomic mass is 10.0. The maximum absolute atomic E-state index is 12.1. The van der Waals surface area contributed by atoms with Crippen molar-refractivity contribution >= 4 is 11.9 Å². The van der Waals surface area contributed by atoms with Crippen LogP contribution in [0.5, 0.6) is 5.75 Å². The van der Waals surface area contributed by atoms with Gasteiger partial charge < -0.3 is 9.47 Å². The molecule has 0 heterocycles. The lowest BCUT2D eigenvalue weighted by Crippen LogP contribution is -2.11. The Hall–Kier alpha value is -1.84. The van der Waals surface area contributed by atoms with Gasteiger partial charge in [-0.2, -0.15) is 0 Å². The van der Waals surface area contributed by atoms with Crippen LogP contribution in [0.2, 0.25) is 0 Å². The molecule has 0 fully saturated rings. The molecule has 0 aliphatic rings. The van der Waals surface area contributed by atoms with Gasteiger partial charge in [0, 0.05) is 12.8 Å². The van der Waals surface area contributed by atoms with Crippen molar-refractivity contribution in [3.05, 3.63) is 29.8 Å². The van der Waals surface area contributed by atoms with Crippen molar-refractivity contribution in [1.29, 1.82) is 0 Å². The van der Waals surface area contributed by atoms with Crippen LogP contribution < -0.4 is 4.74 Å². The number of carbonyl (C=O) groups is 2. The van der Waals surface area contributed by atoms with E-state index >= 15 is 0 Å². The highest BCUT2D eigenvalue weighted by atomic mass is 16.5. The summed E-state index contributed by atoms with van der Waals surface area (Å²) < 4.78 is 10.7. The molecule has 0 N–H and O–H groups in total. The van der Waals surface area contributed by atoms with E-state index in [-0.39, 0.29) is 30.7 Å². The van der Waals surface area contributed by atoms with E-state index in [0.29, 0.717) is 18.8 Å². The number of rotatable bonds is 17. The van der Waals surface area contributed by atoms with Crippen molar-refractivity contribution in [3.63, 3.8) is 0 Å². The largest absolute Gasteiger partial charge is 0.466 e. The van der Waals surface area contributed by atoms with Gasteiger partial charge in [-0.15, -0.1) is 0 Å². The van der Waals surface area contributed by atoms with E-state index in [1.54, 1.807) is 0 Å². The molecule has 1 aromatic rings. The molecule has 0 saturated heterocycles. The fourth-order valence-corrected chi connectivity index (χ4v) is 3.45. The molecule has 4 heteroatoms. The smallest absolute Gasteiger partial charge is 0.311 e. The van der Waals surface area contributed by atoms with Crippen LogP contribution in [0, 0.1) is 0 Å². The number of esters is 2. The third-order valence-electron chi connectivity index (χ3n) is 5.29. The normalized spacial score (nSPS) is 10.9. The summed E-state index contributed by atoms with van der Waals surface area (Å²) in [4.78, 5) is 23.9. The van der Waals surface area contributed by atoms with E-state index in [4.69, 9.17) is 9.47 Å². The lowest BCUT2D eigenvalue weighted by Gasteiger charge is -2.12. The third kappa shape index (κ3) is 12.7. The zero-order valence-electron chi connectivity index (χ0n) is 19.4. The highest BCUT2D eigenvalue weighted by molar-refractivity contribution is 5.74. The quantitative estimate of drug-likeness (QED) is 0.151. The van der Waals surface area contributed by atoms with Gasteiger partial charge in [0.05, 0.1) is 6.61 Å². The molecular formula is C26H42O4. The minimum absolute atomic E-state index is 0.221. The van der Waals surface area contributed by atoms with Gasteiger partial charge in [-0.3, -0.25) is 9.59 Å². The Kier molecular flexibility index (Phi) is 14.8. The number of para-hydroxylation sites is 1. The fourth-order valence-electron chi connectivity index (χ4n) is 3.45. The molecule has 4 nitrogen and oxygen atoms in total. The summed E-state index contributed by atoms with van der Waals surface area (Å²) >= 11 is 0. The monoisotopic (exact) mass is 418 g/mol. The molecule has 0 radical (unpaired) electrons. The molecule has 0 aliphatic carbocycles. The van der Waals surface area contributed by atoms with Crippen molar-refractivity contribution < 1.29 is 19.1 Å². The van der Waals surface area contributed by atoms with Crippen LogP contribution in [0.4, 0.5) is 0 Å². The predicted octanol–water partition coefficient (Wildman–Crippen LogP) is 7.35. The fraction of sp³-hybridized carbons (Fsp3) is 0.692. The lowest BCUT2D eigenvalue weighted by molar-refractivity contribution is -0.144. The Morgan fingerprint density at radius 3 is 1.97 bits per heavy atom. The molecular weight excluding hydrogens is 376 g/mol. The van der Waals surface area contributed by atoms with Crippen LogP contribution in [0.3, 0.4) is 0 Å². The molecule has 0 aromatic heterocycles. The van der Waals surface area contributed by atoms with Crippen LogP contribution >= 0.6 is 0 Å². The zero-order chi connectivity index (χ0) is 22.0. The molecule has 0 spiro atoms. The topological polar surface area (TPSA) is 52.6 Å². The van der Waals surface area contributed by atoms with Crippen LogP contribution in [0.15, 0.2) is 24.3 Å². The summed E-state index contributed by atoms with van der Waals surface area (Å²) in [5.74, 6) is 0.378. The Morgan fingerprint density at radius 1 is 0.767 bits per heavy atom. The Morgan fingerprint density at radius 2 is 1.33 bits per heavy atom. The van der Waals surface area contributed by atoms with Gasteiger partial charge in [0.25, 0.3) is 0 Å². The average Bonchev–Trinajstić information content (AvgIpc) is 2.72. The van der Waals surface area contributed by atoms with Crippen molar-refractivity contribution in [2.24, 2.45) is 0 Å². The molecule has 170 valence electrons. The number of hydrogen-bond acceptors (Lipinski definition) is 4. The maximum atomic E-state index is 12.1. The van der Waals surface area contributed by atoms with E-state index in [1.807, 2.05) is 24.3 Å². The first-order valence-corrected chi connectivity index (χ1v) is 12.0. The second-order valence-corrected chi connectivity index (χ2v) is 8.42. The SMILES string of the molecule is CCCCCCCCCCCCOC(=O)CCCC(=O)Oc1ccccc1C(C)C. The van der Waals surface area contributed by atoms with E-state index in [1.165, 1.54) is 51.4 Å². The first kappa shape index (κ1) is 26.2. The molecule has 30 heavy (non-hydrogen) atoms. The molecule has 1 aromatic carbocycles. The van der Waals surface area contributed by atoms with Gasteiger partial charge in [-0.1, -0.05) is 96.8 Å². The summed E-state index contributed by atoms with van der Waals surface area (Å²) in [5.41, 5.74) is 1.02. The van der Waals surface area contributed by atoms with Crippen molar-refractivity contribution in [2.75, 3.05) is 6.61 Å². The number of carbonyl (C=O) groups excluding carboxylic acids is 2.